The van der Waals surface area contributed by atoms with Gasteiger partial charge >= 0.3 is 5.97 Å². The van der Waals surface area contributed by atoms with E-state index in [2.05, 4.69) is 0 Å². The highest BCUT2D eigenvalue weighted by molar-refractivity contribution is 6.53. The van der Waals surface area contributed by atoms with Crippen LogP contribution in [0, 0.1) is 5.92 Å². The Labute approximate surface area is 112 Å². The van der Waals surface area contributed by atoms with Crippen molar-refractivity contribution in [2.45, 2.75) is 30.1 Å². The van der Waals surface area contributed by atoms with Crippen molar-refractivity contribution in [3.63, 3.8) is 0 Å². The lowest BCUT2D eigenvalue weighted by molar-refractivity contribution is -0.144. The predicted molar refractivity (Wildman–Crippen MR) is 68.6 cm³/mol. The highest BCUT2D eigenvalue weighted by atomic mass is 16.4. The monoisotopic (exact) mass is 268 g/mol. The predicted octanol–water partition coefficient (Wildman–Crippen LogP) is -2.14. The number of nitrogens with zero attached hydrogens (tertiary/aromatic N) is 1. The maximum Gasteiger partial charge on any atom is 0.325 e. The van der Waals surface area contributed by atoms with Gasteiger partial charge in [-0.2, -0.15) is 0 Å². The van der Waals surface area contributed by atoms with E-state index in [1.54, 1.807) is 0 Å². The average Bonchev–Trinajstić information content (AvgIpc) is 2.96. The zero-order valence-corrected chi connectivity index (χ0v) is 10.8. The van der Waals surface area contributed by atoms with Crippen LogP contribution in [0.2, 0.25) is 11.6 Å². The van der Waals surface area contributed by atoms with E-state index in [4.69, 9.17) is 16.6 Å². The Morgan fingerprint density at radius 2 is 2.16 bits per heavy atom. The lowest BCUT2D eigenvalue weighted by Crippen LogP contribution is -2.56. The third-order valence-corrected chi connectivity index (χ3v) is 4.21. The van der Waals surface area contributed by atoms with Crippen molar-refractivity contribution in [3.8, 4) is 0 Å². The molecule has 2 unspecified atom stereocenters. The molecule has 1 radical (unpaired) electrons. The number of amides is 1. The van der Waals surface area contributed by atoms with Crippen LogP contribution in [0.1, 0.15) is 6.92 Å². The van der Waals surface area contributed by atoms with Gasteiger partial charge in [-0.15, -0.1) is 0 Å². The molecule has 5 atom stereocenters. The summed E-state index contributed by atoms with van der Waals surface area (Å²) in [5, 5.41) is 18.3. The summed E-state index contributed by atoms with van der Waals surface area (Å²) in [6.45, 7) is 1.75. The molecule has 2 saturated heterocycles. The van der Waals surface area contributed by atoms with Gasteiger partial charge in [-0.25, -0.2) is 0 Å². The molecule has 0 aromatic heterocycles. The molecule has 7 nitrogen and oxygen atoms in total. The lowest BCUT2D eigenvalue weighted by atomic mass is 9.79. The second-order valence-corrected chi connectivity index (χ2v) is 5.59. The van der Waals surface area contributed by atoms with Crippen LogP contribution < -0.4 is 11.5 Å². The second-order valence-electron chi connectivity index (χ2n) is 5.59. The molecule has 0 bridgehead atoms. The molecule has 1 amide bonds. The smallest absolute Gasteiger partial charge is 0.325 e. The maximum absolute atomic E-state index is 11.9. The maximum atomic E-state index is 11.9. The van der Waals surface area contributed by atoms with Crippen LogP contribution in [-0.4, -0.2) is 65.5 Å². The highest BCUT2D eigenvalue weighted by Gasteiger charge is 2.58. The van der Waals surface area contributed by atoms with Crippen molar-refractivity contribution in [3.05, 3.63) is 0 Å². The second kappa shape index (κ2) is 4.77. The summed E-state index contributed by atoms with van der Waals surface area (Å²) < 4.78 is 0. The lowest BCUT2D eigenvalue weighted by Gasteiger charge is -2.25. The number of nitrogens with two attached hydrogens (primary N) is 2. The third kappa shape index (κ3) is 2.35. The van der Waals surface area contributed by atoms with E-state index in [1.807, 2.05) is 14.2 Å². The van der Waals surface area contributed by atoms with E-state index in [0.717, 1.165) is 0 Å². The number of carboxylic acids is 1. The molecule has 2 aliphatic rings. The fourth-order valence-corrected chi connectivity index (χ4v) is 2.86. The Morgan fingerprint density at radius 1 is 1.58 bits per heavy atom. The fourth-order valence-electron chi connectivity index (χ4n) is 2.86. The SMILES string of the molecule is CC1[B]C1[C@H]1CN(C(=O)[C@@H](N)CO)C[C@@]1(N)C(=O)O. The molecular weight excluding hydrogens is 249 g/mol. The summed E-state index contributed by atoms with van der Waals surface area (Å²) in [5.41, 5.74) is 10.1. The van der Waals surface area contributed by atoms with Gasteiger partial charge in [0.2, 0.25) is 5.91 Å². The van der Waals surface area contributed by atoms with Crippen molar-refractivity contribution in [2.24, 2.45) is 17.4 Å². The van der Waals surface area contributed by atoms with E-state index in [9.17, 15) is 14.7 Å². The van der Waals surface area contributed by atoms with Crippen LogP contribution in [-0.2, 0) is 9.59 Å². The minimum absolute atomic E-state index is 0.0589. The Hall–Kier alpha value is -1.12. The van der Waals surface area contributed by atoms with Gasteiger partial charge in [0.15, 0.2) is 0 Å². The van der Waals surface area contributed by atoms with Crippen LogP contribution in [0.4, 0.5) is 0 Å². The summed E-state index contributed by atoms with van der Waals surface area (Å²) in [7, 11) is 2.04. The average molecular weight is 268 g/mol. The van der Waals surface area contributed by atoms with Crippen molar-refractivity contribution in [1.29, 1.82) is 0 Å². The number of hydrogen-bond donors (Lipinski definition) is 4. The number of carboxylic acid groups (broad SMARTS) is 1. The molecule has 0 aliphatic carbocycles. The van der Waals surface area contributed by atoms with Gasteiger partial charge in [0.25, 0.3) is 0 Å². The zero-order chi connectivity index (χ0) is 14.4. The first kappa shape index (κ1) is 14.3. The van der Waals surface area contributed by atoms with Crippen LogP contribution in [0.5, 0.6) is 0 Å². The zero-order valence-electron chi connectivity index (χ0n) is 10.8. The normalized spacial score (nSPS) is 38.7. The van der Waals surface area contributed by atoms with Gasteiger partial charge in [0, 0.05) is 19.0 Å². The molecule has 19 heavy (non-hydrogen) atoms. The van der Waals surface area contributed by atoms with Crippen molar-refractivity contribution >= 4 is 19.2 Å². The summed E-state index contributed by atoms with van der Waals surface area (Å²) >= 11 is 0. The summed E-state index contributed by atoms with van der Waals surface area (Å²) in [6.07, 6.45) is 0. The van der Waals surface area contributed by atoms with Gasteiger partial charge in [-0.1, -0.05) is 18.6 Å². The molecule has 2 rings (SSSR count). The number of aliphatic hydroxyl groups is 1. The summed E-state index contributed by atoms with van der Waals surface area (Å²) in [5.74, 6) is -1.39. The quantitative estimate of drug-likeness (QED) is 0.430. The Balaban J connectivity index is 2.16. The molecule has 0 aromatic rings. The van der Waals surface area contributed by atoms with E-state index in [0.29, 0.717) is 5.82 Å². The van der Waals surface area contributed by atoms with E-state index in [-0.39, 0.29) is 24.8 Å². The molecule has 2 fully saturated rings. The number of hydrogen-bond acceptors (Lipinski definition) is 5. The minimum atomic E-state index is -1.43. The third-order valence-electron chi connectivity index (χ3n) is 4.21. The molecule has 2 aliphatic heterocycles. The first-order valence-corrected chi connectivity index (χ1v) is 6.33. The molecule has 0 spiro atoms. The molecule has 0 saturated carbocycles. The first-order chi connectivity index (χ1) is 8.81. The molecule has 8 heteroatoms. The van der Waals surface area contributed by atoms with E-state index >= 15 is 0 Å². The Bertz CT molecular complexity index is 407. The topological polar surface area (TPSA) is 130 Å². The number of aliphatic hydroxyl groups excluding tert-OH is 1. The first-order valence-electron chi connectivity index (χ1n) is 6.33. The van der Waals surface area contributed by atoms with E-state index in [1.165, 1.54) is 4.90 Å². The highest BCUT2D eigenvalue weighted by Crippen LogP contribution is 2.52. The number of likely N-dealkylation sites (tertiary alicyclic amines) is 1. The number of carbonyl (C=O) groups excluding carboxylic acids is 1. The molecule has 2 heterocycles. The van der Waals surface area contributed by atoms with Crippen molar-refractivity contribution in [1.82, 2.24) is 4.90 Å². The minimum Gasteiger partial charge on any atom is -0.480 e. The van der Waals surface area contributed by atoms with Crippen molar-refractivity contribution in [2.75, 3.05) is 19.7 Å². The van der Waals surface area contributed by atoms with E-state index < -0.39 is 30.1 Å². The number of carbonyl (C=O) groups is 2. The van der Waals surface area contributed by atoms with Gasteiger partial charge in [0.1, 0.15) is 18.9 Å². The molecule has 105 valence electrons. The molecule has 0 aromatic carbocycles. The van der Waals surface area contributed by atoms with Gasteiger partial charge in [-0.05, 0) is 0 Å². The number of aliphatic carboxylic acids is 1. The summed E-state index contributed by atoms with van der Waals surface area (Å²) in [4.78, 5) is 24.7. The van der Waals surface area contributed by atoms with Crippen LogP contribution in [0.25, 0.3) is 0 Å². The van der Waals surface area contributed by atoms with Gasteiger partial charge in [0.05, 0.1) is 6.61 Å². The van der Waals surface area contributed by atoms with Crippen LogP contribution in [0.15, 0.2) is 0 Å². The molecule has 6 N–H and O–H groups in total. The van der Waals surface area contributed by atoms with Gasteiger partial charge in [-0.3, -0.25) is 9.59 Å². The largest absolute Gasteiger partial charge is 0.480 e. The Morgan fingerprint density at radius 3 is 2.58 bits per heavy atom. The fraction of sp³-hybridized carbons (Fsp3) is 0.818. The van der Waals surface area contributed by atoms with Crippen LogP contribution >= 0.6 is 0 Å². The number of rotatable bonds is 4. The van der Waals surface area contributed by atoms with Crippen LogP contribution in [0.3, 0.4) is 0 Å². The standard InChI is InChI=1S/C11H19BN3O4/c1-5-8(12-5)6-2-15(9(17)7(13)3-16)4-11(6,14)10(18)19/h5-8,16H,2-4,13-14H2,1H3,(H,18,19)/t5?,6-,7+,8?,11+/m1/s1. The molecular formula is C11H19BN3O4. The van der Waals surface area contributed by atoms with Gasteiger partial charge < -0.3 is 26.6 Å². The summed E-state index contributed by atoms with van der Waals surface area (Å²) in [6, 6.07) is -1.02. The Kier molecular flexibility index (Phi) is 3.59. The van der Waals surface area contributed by atoms with Crippen molar-refractivity contribution < 1.29 is 19.8 Å².